The molecule has 5 heteroatoms. The molecule has 110 valence electrons. The number of carbonyl (C=O) groups excluding carboxylic acids is 1. The van der Waals surface area contributed by atoms with Gasteiger partial charge in [-0.3, -0.25) is 9.69 Å². The normalized spacial score (nSPS) is 16.2. The molecule has 0 radical (unpaired) electrons. The summed E-state index contributed by atoms with van der Waals surface area (Å²) in [6.45, 7) is 4.28. The summed E-state index contributed by atoms with van der Waals surface area (Å²) in [6.07, 6.45) is 0. The number of alkyl halides is 1. The second-order valence-electron chi connectivity index (χ2n) is 5.27. The van der Waals surface area contributed by atoms with E-state index in [-0.39, 0.29) is 5.91 Å². The lowest BCUT2D eigenvalue weighted by molar-refractivity contribution is 0.0644. The van der Waals surface area contributed by atoms with E-state index in [2.05, 4.69) is 4.90 Å². The first-order valence-electron chi connectivity index (χ1n) is 6.97. The molecule has 1 aromatic rings. The van der Waals surface area contributed by atoms with E-state index in [1.807, 2.05) is 48.2 Å². The van der Waals surface area contributed by atoms with Gasteiger partial charge in [-0.2, -0.15) is 0 Å². The van der Waals surface area contributed by atoms with Crippen LogP contribution in [0.15, 0.2) is 24.3 Å². The van der Waals surface area contributed by atoms with Crippen LogP contribution < -0.4 is 4.90 Å². The van der Waals surface area contributed by atoms with Crippen LogP contribution in [0.3, 0.4) is 0 Å². The number of anilines is 1. The number of hydrogen-bond acceptors (Lipinski definition) is 3. The highest BCUT2D eigenvalue weighted by Crippen LogP contribution is 2.16. The van der Waals surface area contributed by atoms with Crippen molar-refractivity contribution >= 4 is 23.2 Å². The van der Waals surface area contributed by atoms with Crippen molar-refractivity contribution in [3.8, 4) is 0 Å². The molecule has 20 heavy (non-hydrogen) atoms. The Bertz CT molecular complexity index is 456. The molecule has 1 amide bonds. The third kappa shape index (κ3) is 3.64. The molecule has 0 unspecified atom stereocenters. The van der Waals surface area contributed by atoms with Gasteiger partial charge >= 0.3 is 0 Å². The Morgan fingerprint density at radius 1 is 1.25 bits per heavy atom. The van der Waals surface area contributed by atoms with Gasteiger partial charge in [0.15, 0.2) is 0 Å². The monoisotopic (exact) mass is 295 g/mol. The molecule has 4 nitrogen and oxygen atoms in total. The molecule has 0 saturated carbocycles. The number of halogens is 1. The lowest BCUT2D eigenvalue weighted by atomic mass is 10.1. The Morgan fingerprint density at radius 3 is 2.55 bits per heavy atom. The number of benzene rings is 1. The summed E-state index contributed by atoms with van der Waals surface area (Å²) in [5.74, 6) is 0.776. The van der Waals surface area contributed by atoms with Crippen LogP contribution in [0, 0.1) is 0 Å². The third-order valence-corrected chi connectivity index (χ3v) is 3.84. The summed E-state index contributed by atoms with van der Waals surface area (Å²) < 4.78 is 0. The van der Waals surface area contributed by atoms with Gasteiger partial charge in [0.1, 0.15) is 0 Å². The first kappa shape index (κ1) is 15.1. The minimum absolute atomic E-state index is 0.124. The number of carbonyl (C=O) groups is 1. The maximum Gasteiger partial charge on any atom is 0.254 e. The van der Waals surface area contributed by atoms with Gasteiger partial charge < -0.3 is 9.80 Å². The molecule has 0 aromatic heterocycles. The average Bonchev–Trinajstić information content (AvgIpc) is 2.48. The van der Waals surface area contributed by atoms with Crippen LogP contribution in [-0.4, -0.2) is 68.4 Å². The number of nitrogens with zero attached hydrogens (tertiary/aromatic N) is 3. The standard InChI is InChI=1S/C15H22ClN3O/c1-17(2)14-5-3-4-13(12-14)15(20)19-10-8-18(7-6-16)9-11-19/h3-5,12H,6-11H2,1-2H3. The van der Waals surface area contributed by atoms with Gasteiger partial charge in [-0.05, 0) is 18.2 Å². The Balaban J connectivity index is 2.00. The zero-order valence-electron chi connectivity index (χ0n) is 12.2. The second-order valence-corrected chi connectivity index (χ2v) is 5.65. The van der Waals surface area contributed by atoms with E-state index in [0.717, 1.165) is 44.0 Å². The Kier molecular flexibility index (Phi) is 5.26. The fourth-order valence-electron chi connectivity index (χ4n) is 2.39. The molecule has 0 aliphatic carbocycles. The topological polar surface area (TPSA) is 26.8 Å². The maximum absolute atomic E-state index is 12.5. The molecule has 0 spiro atoms. The molecule has 0 bridgehead atoms. The van der Waals surface area contributed by atoms with E-state index in [9.17, 15) is 4.79 Å². The molecule has 1 saturated heterocycles. The molecule has 0 N–H and O–H groups in total. The molecular formula is C15H22ClN3O. The maximum atomic E-state index is 12.5. The zero-order valence-corrected chi connectivity index (χ0v) is 12.9. The molecule has 1 aliphatic rings. The summed E-state index contributed by atoms with van der Waals surface area (Å²) in [5.41, 5.74) is 1.82. The largest absolute Gasteiger partial charge is 0.378 e. The number of amides is 1. The average molecular weight is 296 g/mol. The summed E-state index contributed by atoms with van der Waals surface area (Å²) >= 11 is 5.75. The number of rotatable bonds is 4. The van der Waals surface area contributed by atoms with E-state index in [4.69, 9.17) is 11.6 Å². The minimum atomic E-state index is 0.124. The fraction of sp³-hybridized carbons (Fsp3) is 0.533. The minimum Gasteiger partial charge on any atom is -0.378 e. The van der Waals surface area contributed by atoms with Crippen molar-refractivity contribution in [2.24, 2.45) is 0 Å². The number of piperazine rings is 1. The van der Waals surface area contributed by atoms with Gasteiger partial charge in [-0.1, -0.05) is 6.07 Å². The molecule has 1 fully saturated rings. The van der Waals surface area contributed by atoms with E-state index in [1.165, 1.54) is 0 Å². The van der Waals surface area contributed by atoms with Gasteiger partial charge in [0, 0.05) is 63.9 Å². The smallest absolute Gasteiger partial charge is 0.254 e. The summed E-state index contributed by atoms with van der Waals surface area (Å²) in [7, 11) is 3.96. The van der Waals surface area contributed by atoms with Gasteiger partial charge in [-0.15, -0.1) is 11.6 Å². The lowest BCUT2D eigenvalue weighted by Gasteiger charge is -2.34. The predicted molar refractivity (Wildman–Crippen MR) is 83.8 cm³/mol. The van der Waals surface area contributed by atoms with Crippen molar-refractivity contribution in [3.05, 3.63) is 29.8 Å². The van der Waals surface area contributed by atoms with E-state index >= 15 is 0 Å². The van der Waals surface area contributed by atoms with Gasteiger partial charge in [-0.25, -0.2) is 0 Å². The van der Waals surface area contributed by atoms with Crippen molar-refractivity contribution < 1.29 is 4.79 Å². The predicted octanol–water partition coefficient (Wildman–Crippen LogP) is 1.75. The summed E-state index contributed by atoms with van der Waals surface area (Å²) in [4.78, 5) is 18.7. The molecule has 0 atom stereocenters. The first-order chi connectivity index (χ1) is 9.61. The van der Waals surface area contributed by atoms with Crippen LogP contribution in [0.5, 0.6) is 0 Å². The van der Waals surface area contributed by atoms with Crippen LogP contribution in [0.1, 0.15) is 10.4 Å². The quantitative estimate of drug-likeness (QED) is 0.792. The molecule has 1 aliphatic heterocycles. The highest BCUT2D eigenvalue weighted by atomic mass is 35.5. The SMILES string of the molecule is CN(C)c1cccc(C(=O)N2CCN(CCCl)CC2)c1. The van der Waals surface area contributed by atoms with Gasteiger partial charge in [0.05, 0.1) is 0 Å². The zero-order chi connectivity index (χ0) is 14.5. The van der Waals surface area contributed by atoms with Crippen LogP contribution >= 0.6 is 11.6 Å². The van der Waals surface area contributed by atoms with Crippen molar-refractivity contribution in [1.82, 2.24) is 9.80 Å². The van der Waals surface area contributed by atoms with Gasteiger partial charge in [0.25, 0.3) is 5.91 Å². The van der Waals surface area contributed by atoms with Crippen LogP contribution in [0.4, 0.5) is 5.69 Å². The first-order valence-corrected chi connectivity index (χ1v) is 7.50. The lowest BCUT2D eigenvalue weighted by Crippen LogP contribution is -2.49. The highest BCUT2D eigenvalue weighted by Gasteiger charge is 2.21. The van der Waals surface area contributed by atoms with Crippen LogP contribution in [-0.2, 0) is 0 Å². The molecular weight excluding hydrogens is 274 g/mol. The molecule has 2 rings (SSSR count). The van der Waals surface area contributed by atoms with Crippen molar-refractivity contribution in [2.75, 3.05) is 57.6 Å². The highest BCUT2D eigenvalue weighted by molar-refractivity contribution is 6.18. The van der Waals surface area contributed by atoms with Crippen molar-refractivity contribution in [1.29, 1.82) is 0 Å². The van der Waals surface area contributed by atoms with Crippen molar-refractivity contribution in [2.45, 2.75) is 0 Å². The summed E-state index contributed by atoms with van der Waals surface area (Å²) in [6, 6.07) is 7.79. The molecule has 1 aromatic carbocycles. The van der Waals surface area contributed by atoms with Crippen LogP contribution in [0.25, 0.3) is 0 Å². The molecule has 1 heterocycles. The fourth-order valence-corrected chi connectivity index (χ4v) is 2.63. The van der Waals surface area contributed by atoms with Gasteiger partial charge in [0.2, 0.25) is 0 Å². The Hall–Kier alpha value is -1.26. The van der Waals surface area contributed by atoms with E-state index in [0.29, 0.717) is 5.88 Å². The van der Waals surface area contributed by atoms with E-state index < -0.39 is 0 Å². The second kappa shape index (κ2) is 6.95. The summed E-state index contributed by atoms with van der Waals surface area (Å²) in [5, 5.41) is 0. The Labute approximate surface area is 125 Å². The van der Waals surface area contributed by atoms with Crippen molar-refractivity contribution in [3.63, 3.8) is 0 Å². The number of hydrogen-bond donors (Lipinski definition) is 0. The third-order valence-electron chi connectivity index (χ3n) is 3.67. The van der Waals surface area contributed by atoms with Crippen LogP contribution in [0.2, 0.25) is 0 Å². The Morgan fingerprint density at radius 2 is 1.95 bits per heavy atom. The van der Waals surface area contributed by atoms with E-state index in [1.54, 1.807) is 0 Å².